The molecule has 2 bridgehead atoms. The predicted molar refractivity (Wildman–Crippen MR) is 110 cm³/mol. The molecule has 1 saturated carbocycles. The van der Waals surface area contributed by atoms with Crippen molar-refractivity contribution in [3.05, 3.63) is 80.6 Å². The van der Waals surface area contributed by atoms with E-state index in [2.05, 4.69) is 10.4 Å². The van der Waals surface area contributed by atoms with Crippen molar-refractivity contribution in [3.63, 3.8) is 0 Å². The van der Waals surface area contributed by atoms with E-state index in [4.69, 9.17) is 23.2 Å². The molecule has 30 heavy (non-hydrogen) atoms. The highest BCUT2D eigenvalue weighted by Gasteiger charge is 2.44. The van der Waals surface area contributed by atoms with Gasteiger partial charge in [-0.05, 0) is 55.5 Å². The van der Waals surface area contributed by atoms with E-state index in [1.807, 2.05) is 0 Å². The molecule has 1 fully saturated rings. The highest BCUT2D eigenvalue weighted by molar-refractivity contribution is 6.35. The van der Waals surface area contributed by atoms with Crippen molar-refractivity contribution >= 4 is 29.1 Å². The van der Waals surface area contributed by atoms with Crippen LogP contribution in [0, 0.1) is 11.6 Å². The summed E-state index contributed by atoms with van der Waals surface area (Å²) >= 11 is 12.4. The summed E-state index contributed by atoms with van der Waals surface area (Å²) in [5.74, 6) is -1.27. The van der Waals surface area contributed by atoms with Gasteiger partial charge >= 0.3 is 0 Å². The zero-order chi connectivity index (χ0) is 21.0. The van der Waals surface area contributed by atoms with Crippen LogP contribution in [0.3, 0.4) is 0 Å². The molecule has 0 aliphatic heterocycles. The first-order valence-electron chi connectivity index (χ1n) is 9.73. The second kappa shape index (κ2) is 7.36. The van der Waals surface area contributed by atoms with Crippen LogP contribution in [0.4, 0.5) is 8.78 Å². The fourth-order valence-electron chi connectivity index (χ4n) is 4.69. The lowest BCUT2D eigenvalue weighted by atomic mass is 9.95. The lowest BCUT2D eigenvalue weighted by molar-refractivity contribution is 0.0943. The Bertz CT molecular complexity index is 1160. The summed E-state index contributed by atoms with van der Waals surface area (Å²) in [6.07, 6.45) is 3.01. The Hall–Kier alpha value is -2.44. The minimum atomic E-state index is -0.696. The van der Waals surface area contributed by atoms with Gasteiger partial charge in [-0.15, -0.1) is 0 Å². The second-order valence-electron chi connectivity index (χ2n) is 7.74. The SMILES string of the molecule is O=C(NCc1c(F)cccc1F)c1nn(-c2ccc(Cl)cc2Cl)c2c1C1CCC2C1. The first-order valence-corrected chi connectivity index (χ1v) is 10.5. The molecule has 154 valence electrons. The number of nitrogens with zero attached hydrogens (tertiary/aromatic N) is 2. The van der Waals surface area contributed by atoms with Crippen LogP contribution in [0.15, 0.2) is 36.4 Å². The maximum Gasteiger partial charge on any atom is 0.272 e. The smallest absolute Gasteiger partial charge is 0.272 e. The van der Waals surface area contributed by atoms with Crippen molar-refractivity contribution in [1.82, 2.24) is 15.1 Å². The first kappa shape index (κ1) is 19.5. The molecule has 1 amide bonds. The lowest BCUT2D eigenvalue weighted by Gasteiger charge is -2.15. The number of carbonyl (C=O) groups is 1. The highest BCUT2D eigenvalue weighted by atomic mass is 35.5. The van der Waals surface area contributed by atoms with Gasteiger partial charge in [-0.2, -0.15) is 5.10 Å². The molecule has 2 atom stereocenters. The van der Waals surface area contributed by atoms with Gasteiger partial charge in [0, 0.05) is 28.6 Å². The van der Waals surface area contributed by atoms with E-state index in [-0.39, 0.29) is 18.0 Å². The Kier molecular flexibility index (Phi) is 4.79. The molecule has 2 unspecified atom stereocenters. The molecule has 1 heterocycles. The van der Waals surface area contributed by atoms with E-state index in [1.54, 1.807) is 22.9 Å². The summed E-state index contributed by atoms with van der Waals surface area (Å²) in [5, 5.41) is 8.16. The molecule has 2 aliphatic carbocycles. The van der Waals surface area contributed by atoms with Gasteiger partial charge < -0.3 is 5.32 Å². The third kappa shape index (κ3) is 3.10. The number of amides is 1. The summed E-state index contributed by atoms with van der Waals surface area (Å²) in [6.45, 7) is -0.255. The number of fused-ring (bicyclic) bond motifs is 5. The first-order chi connectivity index (χ1) is 14.4. The summed E-state index contributed by atoms with van der Waals surface area (Å²) < 4.78 is 29.6. The zero-order valence-corrected chi connectivity index (χ0v) is 17.3. The van der Waals surface area contributed by atoms with Crippen LogP contribution in [-0.4, -0.2) is 15.7 Å². The molecule has 0 radical (unpaired) electrons. The second-order valence-corrected chi connectivity index (χ2v) is 8.59. The Balaban J connectivity index is 1.52. The molecule has 1 N–H and O–H groups in total. The van der Waals surface area contributed by atoms with E-state index in [0.29, 0.717) is 27.3 Å². The molecule has 0 spiro atoms. The normalized spacial score (nSPS) is 19.2. The molecule has 1 aromatic heterocycles. The fourth-order valence-corrected chi connectivity index (χ4v) is 5.18. The number of aromatic nitrogens is 2. The Morgan fingerprint density at radius 1 is 1.13 bits per heavy atom. The molecule has 3 aromatic rings. The van der Waals surface area contributed by atoms with Crippen LogP contribution < -0.4 is 5.32 Å². The molecule has 8 heteroatoms. The van der Waals surface area contributed by atoms with Crippen molar-refractivity contribution in [3.8, 4) is 5.69 Å². The van der Waals surface area contributed by atoms with Crippen LogP contribution in [0.2, 0.25) is 10.0 Å². The van der Waals surface area contributed by atoms with Gasteiger partial charge in [0.05, 0.1) is 16.4 Å². The molecule has 0 saturated heterocycles. The van der Waals surface area contributed by atoms with E-state index in [0.717, 1.165) is 30.5 Å². The number of rotatable bonds is 4. The minimum absolute atomic E-state index is 0.177. The van der Waals surface area contributed by atoms with E-state index in [1.165, 1.54) is 18.2 Å². The monoisotopic (exact) mass is 447 g/mol. The fraction of sp³-hybridized carbons (Fsp3) is 0.273. The summed E-state index contributed by atoms with van der Waals surface area (Å²) in [7, 11) is 0. The summed E-state index contributed by atoms with van der Waals surface area (Å²) in [5.41, 5.74) is 2.69. The topological polar surface area (TPSA) is 46.9 Å². The molecular formula is C22H17Cl2F2N3O. The van der Waals surface area contributed by atoms with Gasteiger partial charge in [0.25, 0.3) is 5.91 Å². The zero-order valence-electron chi connectivity index (χ0n) is 15.8. The highest BCUT2D eigenvalue weighted by Crippen LogP contribution is 2.54. The number of benzene rings is 2. The Labute approximate surface area is 181 Å². The van der Waals surface area contributed by atoms with Gasteiger partial charge in [-0.25, -0.2) is 13.5 Å². The standard InChI is InChI=1S/C22H17Cl2F2N3O/c23-13-6-7-18(15(24)9-13)29-21-12-5-4-11(8-12)19(21)20(28-29)22(30)27-10-14-16(25)2-1-3-17(14)26/h1-3,6-7,9,11-12H,4-5,8,10H2,(H,27,30). The van der Waals surface area contributed by atoms with Crippen molar-refractivity contribution < 1.29 is 13.6 Å². The minimum Gasteiger partial charge on any atom is -0.346 e. The van der Waals surface area contributed by atoms with E-state index >= 15 is 0 Å². The van der Waals surface area contributed by atoms with E-state index < -0.39 is 17.5 Å². The maximum absolute atomic E-state index is 13.9. The van der Waals surface area contributed by atoms with Gasteiger partial charge in [-0.3, -0.25) is 4.79 Å². The van der Waals surface area contributed by atoms with Crippen LogP contribution >= 0.6 is 23.2 Å². The largest absolute Gasteiger partial charge is 0.346 e. The Morgan fingerprint density at radius 2 is 1.87 bits per heavy atom. The number of hydrogen-bond donors (Lipinski definition) is 1. The average molecular weight is 448 g/mol. The molecule has 2 aromatic carbocycles. The Morgan fingerprint density at radius 3 is 2.60 bits per heavy atom. The quantitative estimate of drug-likeness (QED) is 0.553. The number of hydrogen-bond acceptors (Lipinski definition) is 2. The molecule has 5 rings (SSSR count). The third-order valence-electron chi connectivity index (χ3n) is 6.03. The van der Waals surface area contributed by atoms with Crippen molar-refractivity contribution in [1.29, 1.82) is 0 Å². The lowest BCUT2D eigenvalue weighted by Crippen LogP contribution is -2.25. The van der Waals surface area contributed by atoms with Gasteiger partial charge in [-0.1, -0.05) is 29.3 Å². The molecule has 4 nitrogen and oxygen atoms in total. The van der Waals surface area contributed by atoms with Gasteiger partial charge in [0.2, 0.25) is 0 Å². The predicted octanol–water partition coefficient (Wildman–Crippen LogP) is 5.75. The maximum atomic E-state index is 13.9. The number of halogens is 4. The van der Waals surface area contributed by atoms with Crippen molar-refractivity contribution in [2.24, 2.45) is 0 Å². The van der Waals surface area contributed by atoms with Crippen LogP contribution in [-0.2, 0) is 6.54 Å². The molecule has 2 aliphatic rings. The van der Waals surface area contributed by atoms with Crippen LogP contribution in [0.25, 0.3) is 5.69 Å². The van der Waals surface area contributed by atoms with Crippen LogP contribution in [0.1, 0.15) is 58.4 Å². The molecular weight excluding hydrogens is 431 g/mol. The van der Waals surface area contributed by atoms with Gasteiger partial charge in [0.15, 0.2) is 5.69 Å². The van der Waals surface area contributed by atoms with E-state index in [9.17, 15) is 13.6 Å². The average Bonchev–Trinajstić information content (AvgIpc) is 3.40. The summed E-state index contributed by atoms with van der Waals surface area (Å²) in [4.78, 5) is 13.0. The van der Waals surface area contributed by atoms with Crippen molar-refractivity contribution in [2.75, 3.05) is 0 Å². The van der Waals surface area contributed by atoms with Crippen LogP contribution in [0.5, 0.6) is 0 Å². The number of carbonyl (C=O) groups excluding carboxylic acids is 1. The third-order valence-corrected chi connectivity index (χ3v) is 6.57. The number of nitrogens with one attached hydrogen (secondary N) is 1. The van der Waals surface area contributed by atoms with Gasteiger partial charge in [0.1, 0.15) is 11.6 Å². The summed E-state index contributed by atoms with van der Waals surface area (Å²) in [6, 6.07) is 8.76. The van der Waals surface area contributed by atoms with Crippen molar-refractivity contribution in [2.45, 2.75) is 37.6 Å².